The van der Waals surface area contributed by atoms with Crippen molar-refractivity contribution in [3.05, 3.63) is 57.0 Å². The molecule has 0 bridgehead atoms. The molecule has 2 aromatic rings. The van der Waals surface area contributed by atoms with Crippen LogP contribution in [-0.2, 0) is 23.9 Å². The summed E-state index contributed by atoms with van der Waals surface area (Å²) in [5.41, 5.74) is 0.181. The maximum Gasteiger partial charge on any atom is 0.416 e. The molecule has 0 saturated carbocycles. The average Bonchev–Trinajstić information content (AvgIpc) is 3.09. The monoisotopic (exact) mass is 474 g/mol. The molecule has 0 radical (unpaired) electrons. The van der Waals surface area contributed by atoms with Gasteiger partial charge in [0.25, 0.3) is 0 Å². The van der Waals surface area contributed by atoms with Crippen LogP contribution in [0.5, 0.6) is 0 Å². The van der Waals surface area contributed by atoms with E-state index in [0.717, 1.165) is 50.2 Å². The number of aromatic nitrogens is 2. The minimum absolute atomic E-state index is 0.115. The summed E-state index contributed by atoms with van der Waals surface area (Å²) in [6.45, 7) is 5.68. The Morgan fingerprint density at radius 3 is 2.47 bits per heavy atom. The van der Waals surface area contributed by atoms with E-state index in [4.69, 9.17) is 16.3 Å². The van der Waals surface area contributed by atoms with Crippen molar-refractivity contribution in [3.8, 4) is 0 Å². The standard InChI is InChI=1S/C21H26ClF3N4O3/c1-15(13-28-14-19(29(30)31)26-20(28)22)12-27-9-6-18(7-10-27)32-11-8-16-2-4-17(5-3-16)21(23,24)25/h2-5,14-15,18H,6-13H2,1H3/t15-/m0/s1. The van der Waals surface area contributed by atoms with Crippen LogP contribution in [0.15, 0.2) is 30.5 Å². The van der Waals surface area contributed by atoms with Crippen LogP contribution in [-0.4, -0.2) is 51.7 Å². The summed E-state index contributed by atoms with van der Waals surface area (Å²) in [6.07, 6.45) is -0.470. The molecule has 1 saturated heterocycles. The highest BCUT2D eigenvalue weighted by atomic mass is 35.5. The largest absolute Gasteiger partial charge is 0.416 e. The normalized spacial score (nSPS) is 16.9. The summed E-state index contributed by atoms with van der Waals surface area (Å²) >= 11 is 5.98. The van der Waals surface area contributed by atoms with Gasteiger partial charge >= 0.3 is 17.3 Å². The SMILES string of the molecule is C[C@@H](CN1CCC(OCCc2ccc(C(F)(F)F)cc2)CC1)Cn1cc([N+](=O)[O-])nc1Cl. The number of rotatable bonds is 9. The van der Waals surface area contributed by atoms with Gasteiger partial charge in [0.15, 0.2) is 0 Å². The first kappa shape index (κ1) is 24.5. The second-order valence-electron chi connectivity index (χ2n) is 8.20. The molecule has 1 aliphatic rings. The van der Waals surface area contributed by atoms with E-state index in [0.29, 0.717) is 19.6 Å². The molecule has 7 nitrogen and oxygen atoms in total. The Balaban J connectivity index is 1.35. The van der Waals surface area contributed by atoms with E-state index >= 15 is 0 Å². The lowest BCUT2D eigenvalue weighted by molar-refractivity contribution is -0.389. The lowest BCUT2D eigenvalue weighted by Crippen LogP contribution is -2.40. The molecule has 0 aliphatic carbocycles. The molecule has 32 heavy (non-hydrogen) atoms. The summed E-state index contributed by atoms with van der Waals surface area (Å²) in [5, 5.41) is 10.9. The quantitative estimate of drug-likeness (QED) is 0.384. The number of piperidine rings is 1. The molecule has 1 aromatic heterocycles. The Hall–Kier alpha value is -2.17. The lowest BCUT2D eigenvalue weighted by Gasteiger charge is -2.33. The summed E-state index contributed by atoms with van der Waals surface area (Å²) in [7, 11) is 0. The molecule has 0 unspecified atom stereocenters. The number of nitro groups is 1. The Bertz CT molecular complexity index is 897. The molecule has 3 rings (SSSR count). The zero-order valence-corrected chi connectivity index (χ0v) is 18.5. The minimum Gasteiger partial charge on any atom is -0.378 e. The second-order valence-corrected chi connectivity index (χ2v) is 8.54. The number of ether oxygens (including phenoxy) is 1. The molecule has 2 heterocycles. The molecule has 0 amide bonds. The molecular formula is C21H26ClF3N4O3. The number of likely N-dealkylation sites (tertiary alicyclic amines) is 1. The van der Waals surface area contributed by atoms with E-state index in [1.165, 1.54) is 18.3 Å². The van der Waals surface area contributed by atoms with Crippen molar-refractivity contribution >= 4 is 17.4 Å². The third kappa shape index (κ3) is 6.91. The number of hydrogen-bond donors (Lipinski definition) is 0. The summed E-state index contributed by atoms with van der Waals surface area (Å²) < 4.78 is 45.4. The van der Waals surface area contributed by atoms with E-state index in [-0.39, 0.29) is 23.1 Å². The van der Waals surface area contributed by atoms with E-state index in [1.807, 2.05) is 0 Å². The van der Waals surface area contributed by atoms with E-state index in [1.54, 1.807) is 4.57 Å². The van der Waals surface area contributed by atoms with Crippen molar-refractivity contribution in [2.45, 2.75) is 45.0 Å². The van der Waals surface area contributed by atoms with Crippen LogP contribution in [0.1, 0.15) is 30.9 Å². The average molecular weight is 475 g/mol. The van der Waals surface area contributed by atoms with Gasteiger partial charge in [-0.2, -0.15) is 13.2 Å². The fourth-order valence-corrected chi connectivity index (χ4v) is 4.10. The summed E-state index contributed by atoms with van der Waals surface area (Å²) in [4.78, 5) is 16.3. The number of alkyl halides is 3. The molecule has 1 fully saturated rings. The Morgan fingerprint density at radius 1 is 1.25 bits per heavy atom. The van der Waals surface area contributed by atoms with E-state index in [9.17, 15) is 23.3 Å². The van der Waals surface area contributed by atoms with Gasteiger partial charge in [-0.15, -0.1) is 0 Å². The van der Waals surface area contributed by atoms with Gasteiger partial charge in [-0.05, 0) is 64.4 Å². The third-order valence-corrected chi connectivity index (χ3v) is 5.84. The van der Waals surface area contributed by atoms with Gasteiger partial charge < -0.3 is 19.8 Å². The highest BCUT2D eigenvalue weighted by Gasteiger charge is 2.30. The fourth-order valence-electron chi connectivity index (χ4n) is 3.89. The molecule has 1 atom stereocenters. The summed E-state index contributed by atoms with van der Waals surface area (Å²) in [5.74, 6) is -0.0186. The van der Waals surface area contributed by atoms with Crippen LogP contribution in [0.25, 0.3) is 0 Å². The number of halogens is 4. The number of nitrogens with zero attached hydrogens (tertiary/aromatic N) is 4. The van der Waals surface area contributed by atoms with Gasteiger partial charge in [0, 0.05) is 26.2 Å². The van der Waals surface area contributed by atoms with Crippen molar-refractivity contribution in [2.75, 3.05) is 26.2 Å². The topological polar surface area (TPSA) is 73.4 Å². The zero-order chi connectivity index (χ0) is 23.3. The van der Waals surface area contributed by atoms with Gasteiger partial charge in [0.05, 0.1) is 18.3 Å². The molecular weight excluding hydrogens is 449 g/mol. The van der Waals surface area contributed by atoms with Crippen LogP contribution < -0.4 is 0 Å². The van der Waals surface area contributed by atoms with Crippen molar-refractivity contribution in [3.63, 3.8) is 0 Å². The van der Waals surface area contributed by atoms with Crippen molar-refractivity contribution in [1.29, 1.82) is 0 Å². The number of hydrogen-bond acceptors (Lipinski definition) is 5. The first-order chi connectivity index (χ1) is 15.1. The van der Waals surface area contributed by atoms with Crippen molar-refractivity contribution in [2.24, 2.45) is 5.92 Å². The first-order valence-electron chi connectivity index (χ1n) is 10.5. The highest BCUT2D eigenvalue weighted by Crippen LogP contribution is 2.29. The van der Waals surface area contributed by atoms with Crippen LogP contribution >= 0.6 is 11.6 Å². The van der Waals surface area contributed by atoms with Gasteiger partial charge in [-0.1, -0.05) is 19.1 Å². The molecule has 176 valence electrons. The Labute approximate surface area is 189 Å². The molecule has 0 N–H and O–H groups in total. The van der Waals surface area contributed by atoms with Crippen molar-refractivity contribution < 1.29 is 22.8 Å². The molecule has 11 heteroatoms. The maximum atomic E-state index is 12.6. The second kappa shape index (κ2) is 10.6. The van der Waals surface area contributed by atoms with Gasteiger partial charge in [0.2, 0.25) is 0 Å². The van der Waals surface area contributed by atoms with Crippen LogP contribution in [0.2, 0.25) is 5.28 Å². The van der Waals surface area contributed by atoms with Gasteiger partial charge in [-0.25, -0.2) is 0 Å². The molecule has 1 aliphatic heterocycles. The van der Waals surface area contributed by atoms with Crippen LogP contribution in [0.4, 0.5) is 19.0 Å². The maximum absolute atomic E-state index is 12.6. The fraction of sp³-hybridized carbons (Fsp3) is 0.571. The number of benzene rings is 1. The first-order valence-corrected chi connectivity index (χ1v) is 10.9. The smallest absolute Gasteiger partial charge is 0.378 e. The van der Waals surface area contributed by atoms with E-state index < -0.39 is 16.7 Å². The number of imidazole rings is 1. The minimum atomic E-state index is -4.32. The highest BCUT2D eigenvalue weighted by molar-refractivity contribution is 6.28. The molecule has 0 spiro atoms. The lowest BCUT2D eigenvalue weighted by atomic mass is 10.0. The third-order valence-electron chi connectivity index (χ3n) is 5.54. The van der Waals surface area contributed by atoms with Gasteiger partial charge in [0.1, 0.15) is 6.20 Å². The van der Waals surface area contributed by atoms with Crippen LogP contribution in [0, 0.1) is 16.0 Å². The Kier molecular flexibility index (Phi) is 8.13. The zero-order valence-electron chi connectivity index (χ0n) is 17.7. The summed E-state index contributed by atoms with van der Waals surface area (Å²) in [6, 6.07) is 5.20. The van der Waals surface area contributed by atoms with Gasteiger partial charge in [-0.3, -0.25) is 4.57 Å². The van der Waals surface area contributed by atoms with Crippen LogP contribution in [0.3, 0.4) is 0 Å². The predicted octanol–water partition coefficient (Wildman–Crippen LogP) is 4.82. The van der Waals surface area contributed by atoms with E-state index in [2.05, 4.69) is 16.8 Å². The Morgan fingerprint density at radius 2 is 1.91 bits per heavy atom. The molecule has 1 aromatic carbocycles. The predicted molar refractivity (Wildman–Crippen MR) is 114 cm³/mol. The van der Waals surface area contributed by atoms with Crippen molar-refractivity contribution in [1.82, 2.24) is 14.5 Å².